The topological polar surface area (TPSA) is 36.9 Å². The number of benzene rings is 2. The lowest BCUT2D eigenvalue weighted by Crippen LogP contribution is -2.49. The maximum atomic E-state index is 6.15. The van der Waals surface area contributed by atoms with Gasteiger partial charge in [-0.3, -0.25) is 4.99 Å². The summed E-state index contributed by atoms with van der Waals surface area (Å²) in [6, 6.07) is 20.9. The number of amidine groups is 1. The van der Waals surface area contributed by atoms with Crippen LogP contribution >= 0.6 is 12.2 Å². The number of nitrogens with one attached hydrogen (secondary N) is 1. The Balaban J connectivity index is 1.65. The van der Waals surface area contributed by atoms with Crippen LogP contribution in [0.25, 0.3) is 0 Å². The summed E-state index contributed by atoms with van der Waals surface area (Å²) in [4.78, 5) is 7.74. The van der Waals surface area contributed by atoms with Crippen molar-refractivity contribution in [2.75, 3.05) is 6.61 Å². The fraction of sp³-hybridized carbons (Fsp3) is 0.481. The first-order valence-electron chi connectivity index (χ1n) is 11.7. The van der Waals surface area contributed by atoms with Gasteiger partial charge in [-0.05, 0) is 55.1 Å². The van der Waals surface area contributed by atoms with Crippen molar-refractivity contribution in [3.8, 4) is 5.75 Å². The van der Waals surface area contributed by atoms with Crippen LogP contribution in [-0.2, 0) is 0 Å². The van der Waals surface area contributed by atoms with Crippen molar-refractivity contribution >= 4 is 23.2 Å². The zero-order chi connectivity index (χ0) is 22.8. The Hall–Kier alpha value is -2.40. The Labute approximate surface area is 198 Å². The van der Waals surface area contributed by atoms with Crippen molar-refractivity contribution in [2.24, 2.45) is 10.4 Å². The average molecular weight is 450 g/mol. The molecule has 0 aromatic heterocycles. The fourth-order valence-corrected chi connectivity index (χ4v) is 5.36. The van der Waals surface area contributed by atoms with Crippen LogP contribution in [0.1, 0.15) is 65.0 Å². The molecule has 0 bridgehead atoms. The van der Waals surface area contributed by atoms with Crippen LogP contribution in [0.15, 0.2) is 65.7 Å². The standard InChI is InChI=1S/C27H35N3OS/c1-20(21-13-7-5-8-14-21)30-25(32)29-24(27(30)17-11-12-18-27)28-23(26(2,3)4)19-31-22-15-9-6-10-16-22/h5-10,13-16,20,23H,11-12,17-19H2,1-4H3,(H,28,29,32)/t20-,23+/m1/s1. The lowest BCUT2D eigenvalue weighted by molar-refractivity contribution is 0.198. The zero-order valence-electron chi connectivity index (χ0n) is 19.7. The molecule has 5 heteroatoms. The number of para-hydroxylation sites is 1. The maximum absolute atomic E-state index is 6.15. The highest BCUT2D eigenvalue weighted by atomic mass is 32.1. The third-order valence-corrected chi connectivity index (χ3v) is 7.18. The second-order valence-electron chi connectivity index (χ2n) is 10.1. The quantitative estimate of drug-likeness (QED) is 0.537. The van der Waals surface area contributed by atoms with Gasteiger partial charge in [0, 0.05) is 0 Å². The van der Waals surface area contributed by atoms with Gasteiger partial charge in [0.15, 0.2) is 5.11 Å². The van der Waals surface area contributed by atoms with E-state index in [1.54, 1.807) is 0 Å². The molecule has 0 unspecified atom stereocenters. The maximum Gasteiger partial charge on any atom is 0.175 e. The Bertz CT molecular complexity index is 946. The summed E-state index contributed by atoms with van der Waals surface area (Å²) in [5.74, 6) is 1.91. The monoisotopic (exact) mass is 449 g/mol. The molecule has 0 amide bonds. The van der Waals surface area contributed by atoms with Crippen LogP contribution in [0.4, 0.5) is 0 Å². The summed E-state index contributed by atoms with van der Waals surface area (Å²) < 4.78 is 6.15. The summed E-state index contributed by atoms with van der Waals surface area (Å²) in [6.07, 6.45) is 4.54. The first-order valence-corrected chi connectivity index (χ1v) is 12.1. The minimum Gasteiger partial charge on any atom is -0.491 e. The molecule has 1 heterocycles. The lowest BCUT2D eigenvalue weighted by Gasteiger charge is -2.40. The Morgan fingerprint density at radius 3 is 2.22 bits per heavy atom. The zero-order valence-corrected chi connectivity index (χ0v) is 20.5. The molecule has 2 aromatic rings. The van der Waals surface area contributed by atoms with Gasteiger partial charge in [-0.1, -0.05) is 82.1 Å². The Kier molecular flexibility index (Phi) is 6.57. The van der Waals surface area contributed by atoms with Gasteiger partial charge >= 0.3 is 0 Å². The second-order valence-corrected chi connectivity index (χ2v) is 10.5. The van der Waals surface area contributed by atoms with E-state index < -0.39 is 0 Å². The van der Waals surface area contributed by atoms with E-state index in [0.717, 1.165) is 29.5 Å². The molecule has 1 saturated carbocycles. The number of hydrogen-bond donors (Lipinski definition) is 1. The molecule has 4 nitrogen and oxygen atoms in total. The molecule has 32 heavy (non-hydrogen) atoms. The van der Waals surface area contributed by atoms with E-state index in [-0.39, 0.29) is 23.0 Å². The van der Waals surface area contributed by atoms with Gasteiger partial charge in [0.2, 0.25) is 0 Å². The predicted molar refractivity (Wildman–Crippen MR) is 136 cm³/mol. The second kappa shape index (κ2) is 9.22. The summed E-state index contributed by atoms with van der Waals surface area (Å²) in [6.45, 7) is 9.49. The van der Waals surface area contributed by atoms with E-state index in [9.17, 15) is 0 Å². The highest BCUT2D eigenvalue weighted by Gasteiger charge is 2.52. The van der Waals surface area contributed by atoms with Crippen molar-refractivity contribution < 1.29 is 4.74 Å². The molecule has 0 radical (unpaired) electrons. The van der Waals surface area contributed by atoms with Gasteiger partial charge < -0.3 is 15.0 Å². The van der Waals surface area contributed by atoms with E-state index in [1.165, 1.54) is 18.4 Å². The van der Waals surface area contributed by atoms with E-state index in [4.69, 9.17) is 21.9 Å². The number of ether oxygens (including phenoxy) is 1. The fourth-order valence-electron chi connectivity index (χ4n) is 4.93. The number of aliphatic imine (C=N–C) groups is 1. The van der Waals surface area contributed by atoms with Crippen molar-refractivity contribution in [2.45, 2.75) is 71.0 Å². The molecule has 4 rings (SSSR count). The van der Waals surface area contributed by atoms with Crippen molar-refractivity contribution in [1.82, 2.24) is 10.2 Å². The molecule has 1 saturated heterocycles. The number of nitrogens with zero attached hydrogens (tertiary/aromatic N) is 2. The van der Waals surface area contributed by atoms with Crippen LogP contribution in [-0.4, -0.2) is 34.0 Å². The highest BCUT2D eigenvalue weighted by molar-refractivity contribution is 7.80. The highest BCUT2D eigenvalue weighted by Crippen LogP contribution is 2.44. The van der Waals surface area contributed by atoms with Gasteiger partial charge in [0.1, 0.15) is 23.7 Å². The first-order chi connectivity index (χ1) is 15.3. The van der Waals surface area contributed by atoms with Crippen molar-refractivity contribution in [3.05, 3.63) is 66.2 Å². The first kappa shape index (κ1) is 22.8. The molecule has 1 aliphatic carbocycles. The predicted octanol–water partition coefficient (Wildman–Crippen LogP) is 6.14. The molecule has 2 aromatic carbocycles. The average Bonchev–Trinajstić information content (AvgIpc) is 3.36. The van der Waals surface area contributed by atoms with Gasteiger partial charge in [-0.15, -0.1) is 0 Å². The van der Waals surface area contributed by atoms with Gasteiger partial charge in [-0.25, -0.2) is 0 Å². The normalized spacial score (nSPS) is 21.1. The molecule has 2 aliphatic rings. The van der Waals surface area contributed by atoms with Gasteiger partial charge in [-0.2, -0.15) is 0 Å². The number of thiocarbonyl (C=S) groups is 1. The lowest BCUT2D eigenvalue weighted by atomic mass is 9.86. The van der Waals surface area contributed by atoms with Crippen molar-refractivity contribution in [3.63, 3.8) is 0 Å². The molecule has 1 aliphatic heterocycles. The summed E-state index contributed by atoms with van der Waals surface area (Å²) >= 11 is 5.89. The number of hydrogen-bond acceptors (Lipinski definition) is 3. The van der Waals surface area contributed by atoms with Gasteiger partial charge in [0.25, 0.3) is 0 Å². The molecule has 1 spiro atoms. The summed E-state index contributed by atoms with van der Waals surface area (Å²) in [7, 11) is 0. The van der Waals surface area contributed by atoms with E-state index in [2.05, 4.69) is 68.2 Å². The van der Waals surface area contributed by atoms with Crippen LogP contribution in [0.2, 0.25) is 0 Å². The van der Waals surface area contributed by atoms with Crippen LogP contribution in [0.3, 0.4) is 0 Å². The third kappa shape index (κ3) is 4.54. The minimum absolute atomic E-state index is 0.0115. The SMILES string of the molecule is C[C@H](c1ccccc1)N1C(=S)NC(=N[C@@H](COc2ccccc2)C(C)(C)C)C12CCCC2. The number of rotatable bonds is 6. The largest absolute Gasteiger partial charge is 0.491 e. The summed E-state index contributed by atoms with van der Waals surface area (Å²) in [5.41, 5.74) is 1.09. The van der Waals surface area contributed by atoms with Crippen LogP contribution < -0.4 is 10.1 Å². The molecule has 1 N–H and O–H groups in total. The van der Waals surface area contributed by atoms with E-state index in [0.29, 0.717) is 6.61 Å². The summed E-state index contributed by atoms with van der Waals surface area (Å²) in [5, 5.41) is 4.33. The Morgan fingerprint density at radius 2 is 1.62 bits per heavy atom. The minimum atomic E-state index is -0.150. The smallest absolute Gasteiger partial charge is 0.175 e. The molecule has 170 valence electrons. The van der Waals surface area contributed by atoms with Crippen LogP contribution in [0.5, 0.6) is 5.75 Å². The van der Waals surface area contributed by atoms with E-state index >= 15 is 0 Å². The van der Waals surface area contributed by atoms with Gasteiger partial charge in [0.05, 0.1) is 12.1 Å². The van der Waals surface area contributed by atoms with Crippen LogP contribution in [0, 0.1) is 5.41 Å². The third-order valence-electron chi connectivity index (χ3n) is 6.88. The molecule has 2 fully saturated rings. The molecular formula is C27H35N3OS. The Morgan fingerprint density at radius 1 is 1.03 bits per heavy atom. The van der Waals surface area contributed by atoms with Crippen molar-refractivity contribution in [1.29, 1.82) is 0 Å². The van der Waals surface area contributed by atoms with E-state index in [1.807, 2.05) is 30.3 Å². The molecular weight excluding hydrogens is 414 g/mol. The molecule has 2 atom stereocenters.